The number of pyridine rings is 1. The number of aromatic nitrogens is 4. The molecule has 0 radical (unpaired) electrons. The predicted octanol–water partition coefficient (Wildman–Crippen LogP) is 7.14. The summed E-state index contributed by atoms with van der Waals surface area (Å²) in [7, 11) is 0. The number of carbonyl (C=O) groups excluding carboxylic acids is 1. The van der Waals surface area contributed by atoms with Crippen molar-refractivity contribution in [1.82, 2.24) is 20.1 Å². The standard InChI is InChI=1S/C30H25F3N4O4/c1-3-39-26(38)14-17-4-6-23-24-13-18(5-7-25(24)35-27(17)23)28-36-29(41-37-28)20-10-19(22-8-9-34-15-16(22)2)11-21(12-20)40-30(31,32)33/h5,7-13,15,17,35H,3-4,6,14H2,1-2H3. The molecule has 210 valence electrons. The number of aromatic amines is 1. The lowest BCUT2D eigenvalue weighted by Gasteiger charge is -2.12. The predicted molar refractivity (Wildman–Crippen MR) is 144 cm³/mol. The minimum Gasteiger partial charge on any atom is -0.466 e. The van der Waals surface area contributed by atoms with E-state index in [0.29, 0.717) is 35.5 Å². The van der Waals surface area contributed by atoms with Gasteiger partial charge in [-0.05, 0) is 91.4 Å². The number of esters is 1. The SMILES string of the molecule is CCOC(=O)CC1CCc2c1[nH]c1ccc(-c3noc(-c4cc(OC(F)(F)F)cc(-c5ccncc5C)c4)n3)cc21. The van der Waals surface area contributed by atoms with Gasteiger partial charge in [0.1, 0.15) is 5.75 Å². The molecular formula is C30H25F3N4O4. The highest BCUT2D eigenvalue weighted by atomic mass is 19.4. The van der Waals surface area contributed by atoms with E-state index in [-0.39, 0.29) is 23.3 Å². The molecule has 3 heterocycles. The molecular weight excluding hydrogens is 537 g/mol. The third kappa shape index (κ3) is 5.39. The van der Waals surface area contributed by atoms with E-state index in [0.717, 1.165) is 40.6 Å². The highest BCUT2D eigenvalue weighted by Crippen LogP contribution is 2.41. The van der Waals surface area contributed by atoms with Gasteiger partial charge in [0, 0.05) is 46.0 Å². The van der Waals surface area contributed by atoms with E-state index in [2.05, 4.69) is 24.8 Å². The Balaban J connectivity index is 1.34. The molecule has 0 saturated carbocycles. The average Bonchev–Trinajstić information content (AvgIpc) is 3.64. The van der Waals surface area contributed by atoms with Crippen LogP contribution in [0.5, 0.6) is 5.75 Å². The third-order valence-electron chi connectivity index (χ3n) is 7.21. The Morgan fingerprint density at radius 3 is 2.73 bits per heavy atom. The number of benzene rings is 2. The maximum Gasteiger partial charge on any atom is 0.573 e. The van der Waals surface area contributed by atoms with E-state index in [9.17, 15) is 18.0 Å². The Hall–Kier alpha value is -4.67. The first kappa shape index (κ1) is 26.5. The second-order valence-corrected chi connectivity index (χ2v) is 9.93. The average molecular weight is 563 g/mol. The first-order valence-electron chi connectivity index (χ1n) is 13.1. The summed E-state index contributed by atoms with van der Waals surface area (Å²) in [5.74, 6) is -0.198. The zero-order valence-electron chi connectivity index (χ0n) is 22.2. The highest BCUT2D eigenvalue weighted by molar-refractivity contribution is 5.89. The lowest BCUT2D eigenvalue weighted by atomic mass is 10.00. The fourth-order valence-corrected chi connectivity index (χ4v) is 5.44. The van der Waals surface area contributed by atoms with Gasteiger partial charge in [-0.1, -0.05) is 5.16 Å². The molecule has 0 fully saturated rings. The lowest BCUT2D eigenvalue weighted by Crippen LogP contribution is -2.17. The molecule has 0 amide bonds. The number of fused-ring (bicyclic) bond motifs is 3. The first-order chi connectivity index (χ1) is 19.7. The van der Waals surface area contributed by atoms with E-state index in [1.54, 1.807) is 31.5 Å². The summed E-state index contributed by atoms with van der Waals surface area (Å²) >= 11 is 0. The summed E-state index contributed by atoms with van der Waals surface area (Å²) in [5, 5.41) is 5.12. The van der Waals surface area contributed by atoms with Crippen LogP contribution in [0.4, 0.5) is 13.2 Å². The molecule has 0 saturated heterocycles. The van der Waals surface area contributed by atoms with E-state index in [4.69, 9.17) is 9.26 Å². The third-order valence-corrected chi connectivity index (χ3v) is 7.21. The Morgan fingerprint density at radius 1 is 1.12 bits per heavy atom. The Bertz CT molecular complexity index is 1760. The van der Waals surface area contributed by atoms with Crippen LogP contribution in [0.1, 0.15) is 42.5 Å². The quantitative estimate of drug-likeness (QED) is 0.210. The maximum absolute atomic E-state index is 13.1. The van der Waals surface area contributed by atoms with Crippen LogP contribution in [0, 0.1) is 6.92 Å². The van der Waals surface area contributed by atoms with Crippen molar-refractivity contribution in [2.75, 3.05) is 6.61 Å². The Labute approximate surface area is 232 Å². The van der Waals surface area contributed by atoms with Gasteiger partial charge in [0.15, 0.2) is 0 Å². The molecule has 41 heavy (non-hydrogen) atoms. The monoisotopic (exact) mass is 562 g/mol. The van der Waals surface area contributed by atoms with Crippen LogP contribution in [0.2, 0.25) is 0 Å². The zero-order chi connectivity index (χ0) is 28.7. The number of nitrogens with one attached hydrogen (secondary N) is 1. The maximum atomic E-state index is 13.1. The zero-order valence-corrected chi connectivity index (χ0v) is 22.2. The van der Waals surface area contributed by atoms with Crippen molar-refractivity contribution in [3.05, 3.63) is 71.7 Å². The molecule has 1 atom stereocenters. The van der Waals surface area contributed by atoms with Gasteiger partial charge in [-0.25, -0.2) is 0 Å². The summed E-state index contributed by atoms with van der Waals surface area (Å²) < 4.78 is 54.3. The van der Waals surface area contributed by atoms with Crippen molar-refractivity contribution >= 4 is 16.9 Å². The topological polar surface area (TPSA) is 103 Å². The van der Waals surface area contributed by atoms with Gasteiger partial charge in [-0.2, -0.15) is 4.98 Å². The molecule has 11 heteroatoms. The summed E-state index contributed by atoms with van der Waals surface area (Å²) in [5.41, 5.74) is 6.06. The summed E-state index contributed by atoms with van der Waals surface area (Å²) in [6.07, 6.45) is 0.324. The van der Waals surface area contributed by atoms with Crippen molar-refractivity contribution < 1.29 is 32.0 Å². The van der Waals surface area contributed by atoms with Gasteiger partial charge >= 0.3 is 12.3 Å². The number of nitrogens with zero attached hydrogens (tertiary/aromatic N) is 3. The number of halogens is 3. The molecule has 1 aliphatic carbocycles. The number of H-pyrrole nitrogens is 1. The van der Waals surface area contributed by atoms with Crippen LogP contribution in [-0.2, 0) is 16.0 Å². The van der Waals surface area contributed by atoms with Gasteiger partial charge in [0.2, 0.25) is 5.82 Å². The summed E-state index contributed by atoms with van der Waals surface area (Å²) in [6, 6.07) is 11.6. The van der Waals surface area contributed by atoms with Gasteiger partial charge in [-0.15, -0.1) is 13.2 Å². The second kappa shape index (κ2) is 10.4. The van der Waals surface area contributed by atoms with Crippen LogP contribution in [0.25, 0.3) is 44.9 Å². The van der Waals surface area contributed by atoms with Crippen LogP contribution >= 0.6 is 0 Å². The van der Waals surface area contributed by atoms with Crippen LogP contribution in [-0.4, -0.2) is 39.0 Å². The molecule has 1 N–H and O–H groups in total. The number of ether oxygens (including phenoxy) is 2. The number of hydrogen-bond acceptors (Lipinski definition) is 7. The number of carbonyl (C=O) groups is 1. The smallest absolute Gasteiger partial charge is 0.466 e. The van der Waals surface area contributed by atoms with Crippen LogP contribution < -0.4 is 4.74 Å². The Kier molecular flexibility index (Phi) is 6.72. The normalized spacial score (nSPS) is 14.8. The molecule has 0 bridgehead atoms. The van der Waals surface area contributed by atoms with Crippen LogP contribution in [0.3, 0.4) is 0 Å². The Morgan fingerprint density at radius 2 is 1.95 bits per heavy atom. The number of aryl methyl sites for hydroxylation is 2. The molecule has 6 rings (SSSR count). The first-order valence-corrected chi connectivity index (χ1v) is 13.1. The molecule has 2 aromatic carbocycles. The van der Waals surface area contributed by atoms with Gasteiger partial charge in [0.05, 0.1) is 13.0 Å². The minimum absolute atomic E-state index is 0.0504. The van der Waals surface area contributed by atoms with Crippen molar-refractivity contribution in [3.8, 4) is 39.7 Å². The van der Waals surface area contributed by atoms with Crippen molar-refractivity contribution in [3.63, 3.8) is 0 Å². The number of hydrogen-bond donors (Lipinski definition) is 1. The van der Waals surface area contributed by atoms with E-state index in [1.165, 1.54) is 12.1 Å². The van der Waals surface area contributed by atoms with Crippen molar-refractivity contribution in [1.29, 1.82) is 0 Å². The lowest BCUT2D eigenvalue weighted by molar-refractivity contribution is -0.274. The molecule has 5 aromatic rings. The molecule has 0 aliphatic heterocycles. The largest absolute Gasteiger partial charge is 0.573 e. The molecule has 8 nitrogen and oxygen atoms in total. The van der Waals surface area contributed by atoms with Crippen molar-refractivity contribution in [2.45, 2.75) is 45.4 Å². The van der Waals surface area contributed by atoms with E-state index < -0.39 is 12.1 Å². The van der Waals surface area contributed by atoms with Gasteiger partial charge in [0.25, 0.3) is 5.89 Å². The van der Waals surface area contributed by atoms with E-state index in [1.807, 2.05) is 25.1 Å². The molecule has 1 unspecified atom stereocenters. The molecule has 3 aromatic heterocycles. The summed E-state index contributed by atoms with van der Waals surface area (Å²) in [6.45, 7) is 3.96. The minimum atomic E-state index is -4.87. The second-order valence-electron chi connectivity index (χ2n) is 9.93. The fraction of sp³-hybridized carbons (Fsp3) is 0.267. The molecule has 0 spiro atoms. The van der Waals surface area contributed by atoms with Crippen molar-refractivity contribution in [2.24, 2.45) is 0 Å². The van der Waals surface area contributed by atoms with Crippen LogP contribution in [0.15, 0.2) is 59.4 Å². The number of alkyl halides is 3. The highest BCUT2D eigenvalue weighted by Gasteiger charge is 2.32. The summed E-state index contributed by atoms with van der Waals surface area (Å²) in [4.78, 5) is 24.1. The van der Waals surface area contributed by atoms with Gasteiger partial charge in [-0.3, -0.25) is 9.78 Å². The molecule has 1 aliphatic rings. The van der Waals surface area contributed by atoms with Gasteiger partial charge < -0.3 is 19.0 Å². The van der Waals surface area contributed by atoms with E-state index >= 15 is 0 Å². The fourth-order valence-electron chi connectivity index (χ4n) is 5.44. The number of rotatable bonds is 7.